The van der Waals surface area contributed by atoms with Crippen molar-refractivity contribution in [2.75, 3.05) is 17.8 Å². The number of anilines is 1. The average Bonchev–Trinajstić information content (AvgIpc) is 2.74. The van der Waals surface area contributed by atoms with E-state index in [1.54, 1.807) is 6.92 Å². The van der Waals surface area contributed by atoms with E-state index in [1.807, 2.05) is 0 Å². The monoisotopic (exact) mass is 289 g/mol. The smallest absolute Gasteiger partial charge is 0.306 e. The molecule has 1 aliphatic heterocycles. The van der Waals surface area contributed by atoms with Crippen LogP contribution in [0.15, 0.2) is 10.6 Å². The summed E-state index contributed by atoms with van der Waals surface area (Å²) in [5.41, 5.74) is 0.572. The molecule has 1 aliphatic rings. The molecule has 8 nitrogen and oxygen atoms in total. The molecule has 19 heavy (non-hydrogen) atoms. The van der Waals surface area contributed by atoms with Gasteiger partial charge in [0.05, 0.1) is 11.6 Å². The van der Waals surface area contributed by atoms with Crippen molar-refractivity contribution in [2.45, 2.75) is 19.8 Å². The van der Waals surface area contributed by atoms with Crippen molar-refractivity contribution in [1.82, 2.24) is 9.46 Å². The molecule has 0 aliphatic carbocycles. The molecule has 1 aromatic heterocycles. The second-order valence-corrected chi connectivity index (χ2v) is 6.12. The third kappa shape index (κ3) is 3.24. The molecule has 1 aromatic rings. The van der Waals surface area contributed by atoms with Gasteiger partial charge < -0.3 is 9.63 Å². The molecule has 0 amide bonds. The molecule has 0 bridgehead atoms. The predicted octanol–water partition coefficient (Wildman–Crippen LogP) is 0.436. The predicted molar refractivity (Wildman–Crippen MR) is 65.7 cm³/mol. The van der Waals surface area contributed by atoms with Gasteiger partial charge in [-0.3, -0.25) is 4.79 Å². The topological polar surface area (TPSA) is 113 Å². The zero-order valence-corrected chi connectivity index (χ0v) is 11.2. The summed E-state index contributed by atoms with van der Waals surface area (Å²) >= 11 is 0. The van der Waals surface area contributed by atoms with Crippen molar-refractivity contribution in [3.63, 3.8) is 0 Å². The average molecular weight is 289 g/mol. The van der Waals surface area contributed by atoms with Crippen LogP contribution in [0.25, 0.3) is 0 Å². The number of hydrogen-bond donors (Lipinski definition) is 2. The van der Waals surface area contributed by atoms with E-state index in [-0.39, 0.29) is 19.0 Å². The first-order valence-corrected chi connectivity index (χ1v) is 7.26. The van der Waals surface area contributed by atoms with Crippen LogP contribution in [-0.4, -0.2) is 42.0 Å². The molecule has 0 unspecified atom stereocenters. The van der Waals surface area contributed by atoms with E-state index in [9.17, 15) is 13.2 Å². The van der Waals surface area contributed by atoms with Crippen LogP contribution < -0.4 is 4.72 Å². The first-order valence-electron chi connectivity index (χ1n) is 5.82. The van der Waals surface area contributed by atoms with E-state index in [4.69, 9.17) is 9.63 Å². The minimum absolute atomic E-state index is 0.0536. The number of rotatable bonds is 4. The van der Waals surface area contributed by atoms with Crippen molar-refractivity contribution in [3.8, 4) is 0 Å². The number of aromatic nitrogens is 1. The molecular weight excluding hydrogens is 274 g/mol. The highest BCUT2D eigenvalue weighted by Gasteiger charge is 2.31. The first-order chi connectivity index (χ1) is 8.88. The van der Waals surface area contributed by atoms with Gasteiger partial charge in [-0.05, 0) is 19.8 Å². The zero-order chi connectivity index (χ0) is 14.0. The Hall–Kier alpha value is -1.61. The largest absolute Gasteiger partial charge is 0.481 e. The maximum absolute atomic E-state index is 12.0. The van der Waals surface area contributed by atoms with Crippen molar-refractivity contribution < 1.29 is 22.8 Å². The summed E-state index contributed by atoms with van der Waals surface area (Å²) in [5, 5.41) is 12.4. The van der Waals surface area contributed by atoms with E-state index in [0.29, 0.717) is 18.5 Å². The second kappa shape index (κ2) is 5.17. The van der Waals surface area contributed by atoms with Crippen molar-refractivity contribution >= 4 is 22.1 Å². The Labute approximate surface area is 110 Å². The van der Waals surface area contributed by atoms with Gasteiger partial charge in [0.1, 0.15) is 0 Å². The van der Waals surface area contributed by atoms with Crippen LogP contribution in [0, 0.1) is 12.8 Å². The summed E-state index contributed by atoms with van der Waals surface area (Å²) in [5.74, 6) is -1.30. The molecule has 2 N–H and O–H groups in total. The maximum Gasteiger partial charge on any atom is 0.306 e. The number of carboxylic acids is 1. The van der Waals surface area contributed by atoms with Gasteiger partial charge in [0.15, 0.2) is 0 Å². The maximum atomic E-state index is 12.0. The van der Waals surface area contributed by atoms with E-state index < -0.39 is 22.1 Å². The lowest BCUT2D eigenvalue weighted by atomic mass is 9.99. The normalized spacial score (nSPS) is 18.4. The molecular formula is C10H15N3O5S. The molecule has 9 heteroatoms. The SMILES string of the molecule is Cc1cc(NS(=O)(=O)N2CCC(C(=O)O)CC2)on1. The molecule has 1 fully saturated rings. The van der Waals surface area contributed by atoms with Crippen LogP contribution in [0.5, 0.6) is 0 Å². The molecule has 0 aromatic carbocycles. The van der Waals surface area contributed by atoms with Gasteiger partial charge in [0.25, 0.3) is 0 Å². The second-order valence-electron chi connectivity index (χ2n) is 4.45. The Morgan fingerprint density at radius 3 is 2.63 bits per heavy atom. The van der Waals surface area contributed by atoms with E-state index in [1.165, 1.54) is 10.4 Å². The molecule has 0 saturated carbocycles. The Bertz CT molecular complexity index is 559. The van der Waals surface area contributed by atoms with E-state index >= 15 is 0 Å². The molecule has 0 atom stereocenters. The zero-order valence-electron chi connectivity index (χ0n) is 10.4. The number of nitrogens with one attached hydrogen (secondary N) is 1. The minimum atomic E-state index is -3.72. The Kier molecular flexibility index (Phi) is 3.76. The molecule has 2 rings (SSSR count). The van der Waals surface area contributed by atoms with Gasteiger partial charge in [0, 0.05) is 19.2 Å². The van der Waals surface area contributed by atoms with Gasteiger partial charge in [-0.25, -0.2) is 4.72 Å². The Morgan fingerprint density at radius 1 is 1.53 bits per heavy atom. The number of carbonyl (C=O) groups is 1. The Balaban J connectivity index is 1.99. The summed E-state index contributed by atoms with van der Waals surface area (Å²) in [7, 11) is -3.72. The lowest BCUT2D eigenvalue weighted by Crippen LogP contribution is -2.42. The standard InChI is InChI=1S/C10H15N3O5S/c1-7-6-9(18-11-7)12-19(16,17)13-4-2-8(3-5-13)10(14)15/h6,8,12H,2-5H2,1H3,(H,14,15). The third-order valence-corrected chi connectivity index (χ3v) is 4.50. The highest BCUT2D eigenvalue weighted by atomic mass is 32.2. The lowest BCUT2D eigenvalue weighted by molar-refractivity contribution is -0.142. The van der Waals surface area contributed by atoms with Crippen LogP contribution in [-0.2, 0) is 15.0 Å². The third-order valence-electron chi connectivity index (χ3n) is 3.00. The van der Waals surface area contributed by atoms with Crippen LogP contribution >= 0.6 is 0 Å². The first kappa shape index (κ1) is 13.8. The molecule has 1 saturated heterocycles. The fraction of sp³-hybridized carbons (Fsp3) is 0.600. The number of nitrogens with zero attached hydrogens (tertiary/aromatic N) is 2. The fourth-order valence-electron chi connectivity index (χ4n) is 1.95. The lowest BCUT2D eigenvalue weighted by Gasteiger charge is -2.28. The van der Waals surface area contributed by atoms with Gasteiger partial charge in [-0.2, -0.15) is 12.7 Å². The number of hydrogen-bond acceptors (Lipinski definition) is 5. The van der Waals surface area contributed by atoms with E-state index in [2.05, 4.69) is 9.88 Å². The molecule has 106 valence electrons. The number of aliphatic carboxylic acids is 1. The van der Waals surface area contributed by atoms with Crippen LogP contribution in [0.4, 0.5) is 5.88 Å². The van der Waals surface area contributed by atoms with Gasteiger partial charge >= 0.3 is 16.2 Å². The van der Waals surface area contributed by atoms with Gasteiger partial charge in [0.2, 0.25) is 5.88 Å². The van der Waals surface area contributed by atoms with Gasteiger partial charge in [-0.15, -0.1) is 0 Å². The van der Waals surface area contributed by atoms with Crippen molar-refractivity contribution in [1.29, 1.82) is 0 Å². The summed E-state index contributed by atoms with van der Waals surface area (Å²) < 4.78 is 32.3. The number of carboxylic acid groups (broad SMARTS) is 1. The molecule has 2 heterocycles. The van der Waals surface area contributed by atoms with E-state index in [0.717, 1.165) is 0 Å². The van der Waals surface area contributed by atoms with Crippen molar-refractivity contribution in [3.05, 3.63) is 11.8 Å². The van der Waals surface area contributed by atoms with Crippen LogP contribution in [0.2, 0.25) is 0 Å². The van der Waals surface area contributed by atoms with Gasteiger partial charge in [-0.1, -0.05) is 5.16 Å². The van der Waals surface area contributed by atoms with Crippen molar-refractivity contribution in [2.24, 2.45) is 5.92 Å². The summed E-state index contributed by atoms with van der Waals surface area (Å²) in [6.07, 6.45) is 0.622. The fourth-order valence-corrected chi connectivity index (χ4v) is 3.12. The van der Waals surface area contributed by atoms with Crippen LogP contribution in [0.1, 0.15) is 18.5 Å². The summed E-state index contributed by atoms with van der Waals surface area (Å²) in [6, 6.07) is 1.47. The summed E-state index contributed by atoms with van der Waals surface area (Å²) in [6.45, 7) is 2.04. The molecule has 0 spiro atoms. The quantitative estimate of drug-likeness (QED) is 0.831. The Morgan fingerprint density at radius 2 is 2.16 bits per heavy atom. The minimum Gasteiger partial charge on any atom is -0.481 e. The highest BCUT2D eigenvalue weighted by Crippen LogP contribution is 2.21. The van der Waals surface area contributed by atoms with Crippen LogP contribution in [0.3, 0.4) is 0 Å². The highest BCUT2D eigenvalue weighted by molar-refractivity contribution is 7.90. The number of piperidine rings is 1. The number of aryl methyl sites for hydroxylation is 1. The summed E-state index contributed by atoms with van der Waals surface area (Å²) in [4.78, 5) is 10.8. The molecule has 0 radical (unpaired) electrons.